The molecule has 0 aromatic heterocycles. The monoisotopic (exact) mass is 264 g/mol. The van der Waals surface area contributed by atoms with E-state index >= 15 is 0 Å². The van der Waals surface area contributed by atoms with Crippen LogP contribution in [0.2, 0.25) is 0 Å². The molecule has 0 bridgehead atoms. The van der Waals surface area contributed by atoms with Gasteiger partial charge in [-0.05, 0) is 17.7 Å². The van der Waals surface area contributed by atoms with Crippen molar-refractivity contribution >= 4 is 0 Å². The summed E-state index contributed by atoms with van der Waals surface area (Å²) in [5, 5.41) is 9.98. The highest BCUT2D eigenvalue weighted by Crippen LogP contribution is 2.16. The fourth-order valence-corrected chi connectivity index (χ4v) is 1.84. The van der Waals surface area contributed by atoms with Crippen molar-refractivity contribution in [2.45, 2.75) is 26.6 Å². The topological polar surface area (TPSA) is 38.7 Å². The van der Waals surface area contributed by atoms with Gasteiger partial charge in [-0.2, -0.15) is 0 Å². The van der Waals surface area contributed by atoms with Gasteiger partial charge < -0.3 is 14.6 Å². The van der Waals surface area contributed by atoms with Gasteiger partial charge in [0, 0.05) is 11.8 Å². The zero-order chi connectivity index (χ0) is 14.3. The van der Waals surface area contributed by atoms with Crippen molar-refractivity contribution < 1.29 is 14.6 Å². The smallest absolute Gasteiger partial charge is 0.118 e. The lowest BCUT2D eigenvalue weighted by atomic mass is 9.94. The highest BCUT2D eigenvalue weighted by molar-refractivity contribution is 5.26. The predicted molar refractivity (Wildman–Crippen MR) is 77.2 cm³/mol. The molecule has 0 aliphatic heterocycles. The minimum absolute atomic E-state index is 0.0830. The van der Waals surface area contributed by atoms with Gasteiger partial charge in [0.15, 0.2) is 0 Å². The quantitative estimate of drug-likeness (QED) is 0.733. The summed E-state index contributed by atoms with van der Waals surface area (Å²) in [5.74, 6) is 1.01. The molecular weight excluding hydrogens is 240 g/mol. The third-order valence-corrected chi connectivity index (χ3v) is 3.30. The SMILES string of the molecule is C=C[C@H](C)[C@H](O)[C@H](C)COCc1ccc(OC)cc1. The van der Waals surface area contributed by atoms with E-state index in [-0.39, 0.29) is 11.8 Å². The number of aliphatic hydroxyl groups is 1. The van der Waals surface area contributed by atoms with E-state index in [0.717, 1.165) is 11.3 Å². The highest BCUT2D eigenvalue weighted by atomic mass is 16.5. The number of aliphatic hydroxyl groups excluding tert-OH is 1. The number of methoxy groups -OCH3 is 1. The summed E-state index contributed by atoms with van der Waals surface area (Å²) in [6.45, 7) is 8.71. The third kappa shape index (κ3) is 5.05. The van der Waals surface area contributed by atoms with Crippen LogP contribution in [0.25, 0.3) is 0 Å². The number of hydrogen-bond donors (Lipinski definition) is 1. The molecule has 3 nitrogen and oxygen atoms in total. The Kier molecular flexibility index (Phi) is 6.60. The maximum absolute atomic E-state index is 9.98. The molecule has 1 N–H and O–H groups in total. The summed E-state index contributed by atoms with van der Waals surface area (Å²) >= 11 is 0. The molecule has 0 fully saturated rings. The number of benzene rings is 1. The van der Waals surface area contributed by atoms with Gasteiger partial charge in [-0.15, -0.1) is 6.58 Å². The first-order valence-corrected chi connectivity index (χ1v) is 6.59. The predicted octanol–water partition coefficient (Wildman–Crippen LogP) is 3.03. The van der Waals surface area contributed by atoms with Crippen LogP contribution in [-0.4, -0.2) is 24.9 Å². The Morgan fingerprint density at radius 1 is 1.26 bits per heavy atom. The number of ether oxygens (including phenoxy) is 2. The van der Waals surface area contributed by atoms with E-state index in [1.165, 1.54) is 0 Å². The minimum atomic E-state index is -0.409. The molecule has 1 aromatic carbocycles. The van der Waals surface area contributed by atoms with Gasteiger partial charge in [0.1, 0.15) is 5.75 Å². The van der Waals surface area contributed by atoms with Gasteiger partial charge in [-0.1, -0.05) is 32.1 Å². The van der Waals surface area contributed by atoms with Crippen molar-refractivity contribution in [3.63, 3.8) is 0 Å². The Morgan fingerprint density at radius 2 is 1.89 bits per heavy atom. The van der Waals surface area contributed by atoms with Crippen LogP contribution in [0.4, 0.5) is 0 Å². The number of rotatable bonds is 8. The minimum Gasteiger partial charge on any atom is -0.497 e. The zero-order valence-corrected chi connectivity index (χ0v) is 12.0. The fourth-order valence-electron chi connectivity index (χ4n) is 1.84. The molecule has 0 spiro atoms. The summed E-state index contributed by atoms with van der Waals surface area (Å²) in [7, 11) is 1.65. The van der Waals surface area contributed by atoms with Gasteiger partial charge in [-0.25, -0.2) is 0 Å². The lowest BCUT2D eigenvalue weighted by Crippen LogP contribution is -2.27. The Labute approximate surface area is 115 Å². The van der Waals surface area contributed by atoms with Crippen molar-refractivity contribution in [2.75, 3.05) is 13.7 Å². The van der Waals surface area contributed by atoms with Crippen molar-refractivity contribution in [2.24, 2.45) is 11.8 Å². The number of hydrogen-bond acceptors (Lipinski definition) is 3. The van der Waals surface area contributed by atoms with Crippen LogP contribution in [0.1, 0.15) is 19.4 Å². The molecule has 19 heavy (non-hydrogen) atoms. The van der Waals surface area contributed by atoms with Gasteiger partial charge in [0.2, 0.25) is 0 Å². The Morgan fingerprint density at radius 3 is 2.42 bits per heavy atom. The van der Waals surface area contributed by atoms with Gasteiger partial charge in [0.05, 0.1) is 26.4 Å². The maximum Gasteiger partial charge on any atom is 0.118 e. The Hall–Kier alpha value is -1.32. The summed E-state index contributed by atoms with van der Waals surface area (Å²) < 4.78 is 10.7. The summed E-state index contributed by atoms with van der Waals surface area (Å²) in [4.78, 5) is 0. The lowest BCUT2D eigenvalue weighted by Gasteiger charge is -2.22. The second kappa shape index (κ2) is 7.97. The Bertz CT molecular complexity index is 372. The van der Waals surface area contributed by atoms with Crippen LogP contribution in [0.15, 0.2) is 36.9 Å². The van der Waals surface area contributed by atoms with Crippen LogP contribution >= 0.6 is 0 Å². The Balaban J connectivity index is 2.34. The average Bonchev–Trinajstić information content (AvgIpc) is 2.46. The molecule has 0 aliphatic rings. The first-order chi connectivity index (χ1) is 9.08. The molecule has 1 rings (SSSR count). The third-order valence-electron chi connectivity index (χ3n) is 3.30. The molecule has 0 saturated heterocycles. The first kappa shape index (κ1) is 15.7. The lowest BCUT2D eigenvalue weighted by molar-refractivity contribution is 0.0134. The molecule has 0 unspecified atom stereocenters. The molecule has 0 aliphatic carbocycles. The van der Waals surface area contributed by atoms with Gasteiger partial charge in [0.25, 0.3) is 0 Å². The highest BCUT2D eigenvalue weighted by Gasteiger charge is 2.18. The second-order valence-corrected chi connectivity index (χ2v) is 4.93. The van der Waals surface area contributed by atoms with Gasteiger partial charge >= 0.3 is 0 Å². The molecule has 0 saturated carbocycles. The van der Waals surface area contributed by atoms with Crippen molar-refractivity contribution in [3.05, 3.63) is 42.5 Å². The second-order valence-electron chi connectivity index (χ2n) is 4.93. The molecule has 3 heteroatoms. The van der Waals surface area contributed by atoms with E-state index < -0.39 is 6.10 Å². The van der Waals surface area contributed by atoms with E-state index in [2.05, 4.69) is 6.58 Å². The molecule has 0 radical (unpaired) electrons. The standard InChI is InChI=1S/C16H24O3/c1-5-12(2)16(17)13(3)10-19-11-14-6-8-15(18-4)9-7-14/h5-9,12-13,16-17H,1,10-11H2,2-4H3/t12-,13+,16-/m0/s1. The van der Waals surface area contributed by atoms with Crippen LogP contribution in [0.3, 0.4) is 0 Å². The fraction of sp³-hybridized carbons (Fsp3) is 0.500. The molecule has 106 valence electrons. The summed E-state index contributed by atoms with van der Waals surface area (Å²) in [6, 6.07) is 7.78. The van der Waals surface area contributed by atoms with Crippen LogP contribution in [0.5, 0.6) is 5.75 Å². The van der Waals surface area contributed by atoms with Crippen LogP contribution in [-0.2, 0) is 11.3 Å². The molecule has 0 heterocycles. The maximum atomic E-state index is 9.98. The van der Waals surface area contributed by atoms with Crippen molar-refractivity contribution in [1.29, 1.82) is 0 Å². The average molecular weight is 264 g/mol. The molecule has 1 aromatic rings. The molecular formula is C16H24O3. The van der Waals surface area contributed by atoms with E-state index in [1.807, 2.05) is 38.1 Å². The van der Waals surface area contributed by atoms with E-state index in [1.54, 1.807) is 13.2 Å². The van der Waals surface area contributed by atoms with E-state index in [4.69, 9.17) is 9.47 Å². The van der Waals surface area contributed by atoms with Gasteiger partial charge in [-0.3, -0.25) is 0 Å². The van der Waals surface area contributed by atoms with Crippen molar-refractivity contribution in [3.8, 4) is 5.75 Å². The molecule has 3 atom stereocenters. The molecule has 0 amide bonds. The van der Waals surface area contributed by atoms with E-state index in [0.29, 0.717) is 13.2 Å². The zero-order valence-electron chi connectivity index (χ0n) is 12.0. The van der Waals surface area contributed by atoms with E-state index in [9.17, 15) is 5.11 Å². The normalized spacial score (nSPS) is 15.6. The van der Waals surface area contributed by atoms with Crippen LogP contribution < -0.4 is 4.74 Å². The summed E-state index contributed by atoms with van der Waals surface area (Å²) in [6.07, 6.45) is 1.36. The largest absolute Gasteiger partial charge is 0.497 e. The van der Waals surface area contributed by atoms with Crippen molar-refractivity contribution in [1.82, 2.24) is 0 Å². The summed E-state index contributed by atoms with van der Waals surface area (Å²) in [5.41, 5.74) is 1.10. The van der Waals surface area contributed by atoms with Crippen LogP contribution in [0, 0.1) is 11.8 Å². The first-order valence-electron chi connectivity index (χ1n) is 6.59.